The van der Waals surface area contributed by atoms with E-state index in [1.807, 2.05) is 25.1 Å². The number of methoxy groups -OCH3 is 1. The van der Waals surface area contributed by atoms with E-state index in [-0.39, 0.29) is 6.79 Å². The fourth-order valence-electron chi connectivity index (χ4n) is 1.54. The molecule has 0 spiro atoms. The first-order valence-electron chi connectivity index (χ1n) is 6.40. The first kappa shape index (κ1) is 14.8. The molecule has 0 radical (unpaired) electrons. The number of nitrogens with one attached hydrogen (secondary N) is 1. The van der Waals surface area contributed by atoms with E-state index in [4.69, 9.17) is 14.2 Å². The highest BCUT2D eigenvalue weighted by atomic mass is 16.7. The van der Waals surface area contributed by atoms with Crippen LogP contribution in [0.3, 0.4) is 0 Å². The normalized spacial score (nSPS) is 10.4. The predicted octanol–water partition coefficient (Wildman–Crippen LogP) is 2.57. The van der Waals surface area contributed by atoms with Crippen molar-refractivity contribution in [3.8, 4) is 11.5 Å². The van der Waals surface area contributed by atoms with Crippen molar-refractivity contribution in [2.75, 3.05) is 27.1 Å². The third-order valence-electron chi connectivity index (χ3n) is 2.49. The molecule has 0 aromatic heterocycles. The van der Waals surface area contributed by atoms with Crippen LogP contribution in [0.5, 0.6) is 11.5 Å². The van der Waals surface area contributed by atoms with E-state index >= 15 is 0 Å². The fraction of sp³-hybridized carbons (Fsp3) is 0.571. The van der Waals surface area contributed by atoms with E-state index in [1.165, 1.54) is 5.56 Å². The third kappa shape index (κ3) is 4.94. The van der Waals surface area contributed by atoms with Gasteiger partial charge in [-0.1, -0.05) is 13.0 Å². The molecule has 0 saturated carbocycles. The molecule has 0 unspecified atom stereocenters. The average Bonchev–Trinajstić information content (AvgIpc) is 2.40. The second-order valence-corrected chi connectivity index (χ2v) is 3.92. The minimum atomic E-state index is 0.249. The molecule has 0 saturated heterocycles. The largest absolute Gasteiger partial charge is 0.493 e. The van der Waals surface area contributed by atoms with E-state index in [1.54, 1.807) is 7.11 Å². The third-order valence-corrected chi connectivity index (χ3v) is 2.49. The van der Waals surface area contributed by atoms with Crippen LogP contribution in [0.4, 0.5) is 0 Å². The molecule has 0 atom stereocenters. The SMILES string of the molecule is CCCNCc1ccc(OC)c(OCOCC)c1. The van der Waals surface area contributed by atoms with Crippen LogP contribution in [0.25, 0.3) is 0 Å². The predicted molar refractivity (Wildman–Crippen MR) is 72.1 cm³/mol. The van der Waals surface area contributed by atoms with Gasteiger partial charge in [-0.2, -0.15) is 0 Å². The Morgan fingerprint density at radius 2 is 2.00 bits per heavy atom. The van der Waals surface area contributed by atoms with E-state index in [0.717, 1.165) is 31.0 Å². The van der Waals surface area contributed by atoms with Gasteiger partial charge in [0.25, 0.3) is 0 Å². The minimum Gasteiger partial charge on any atom is -0.493 e. The Kier molecular flexibility index (Phi) is 7.22. The van der Waals surface area contributed by atoms with Crippen molar-refractivity contribution in [2.45, 2.75) is 26.8 Å². The molecule has 0 fully saturated rings. The van der Waals surface area contributed by atoms with Gasteiger partial charge in [-0.15, -0.1) is 0 Å². The summed E-state index contributed by atoms with van der Waals surface area (Å²) in [5.74, 6) is 1.45. The molecule has 1 N–H and O–H groups in total. The van der Waals surface area contributed by atoms with E-state index in [0.29, 0.717) is 6.61 Å². The van der Waals surface area contributed by atoms with Gasteiger partial charge in [-0.25, -0.2) is 0 Å². The lowest BCUT2D eigenvalue weighted by Gasteiger charge is -2.12. The highest BCUT2D eigenvalue weighted by molar-refractivity contribution is 5.42. The van der Waals surface area contributed by atoms with E-state index < -0.39 is 0 Å². The summed E-state index contributed by atoms with van der Waals surface area (Å²) in [4.78, 5) is 0. The second-order valence-electron chi connectivity index (χ2n) is 3.92. The molecule has 0 heterocycles. The highest BCUT2D eigenvalue weighted by Gasteiger charge is 2.05. The molecule has 4 heteroatoms. The number of benzene rings is 1. The monoisotopic (exact) mass is 253 g/mol. The molecular formula is C14H23NO3. The molecule has 0 aliphatic heterocycles. The van der Waals surface area contributed by atoms with Crippen molar-refractivity contribution in [1.29, 1.82) is 0 Å². The van der Waals surface area contributed by atoms with Crippen LogP contribution in [-0.2, 0) is 11.3 Å². The van der Waals surface area contributed by atoms with Crippen LogP contribution < -0.4 is 14.8 Å². The molecule has 1 aromatic rings. The average molecular weight is 253 g/mol. The molecule has 1 rings (SSSR count). The fourth-order valence-corrected chi connectivity index (χ4v) is 1.54. The van der Waals surface area contributed by atoms with Crippen molar-refractivity contribution in [2.24, 2.45) is 0 Å². The Bertz CT molecular complexity index is 342. The molecule has 4 nitrogen and oxygen atoms in total. The number of hydrogen-bond acceptors (Lipinski definition) is 4. The first-order valence-corrected chi connectivity index (χ1v) is 6.40. The zero-order valence-electron chi connectivity index (χ0n) is 11.5. The minimum absolute atomic E-state index is 0.249. The van der Waals surface area contributed by atoms with Gasteiger partial charge < -0.3 is 19.5 Å². The molecule has 0 aliphatic carbocycles. The van der Waals surface area contributed by atoms with Crippen molar-refractivity contribution < 1.29 is 14.2 Å². The Balaban J connectivity index is 2.62. The highest BCUT2D eigenvalue weighted by Crippen LogP contribution is 2.28. The van der Waals surface area contributed by atoms with Gasteiger partial charge in [0.1, 0.15) is 0 Å². The van der Waals surface area contributed by atoms with Gasteiger partial charge in [-0.05, 0) is 37.6 Å². The van der Waals surface area contributed by atoms with Crippen molar-refractivity contribution in [3.63, 3.8) is 0 Å². The van der Waals surface area contributed by atoms with Crippen LogP contribution in [0.1, 0.15) is 25.8 Å². The summed E-state index contributed by atoms with van der Waals surface area (Å²) in [6.45, 7) is 6.83. The summed E-state index contributed by atoms with van der Waals surface area (Å²) in [6.07, 6.45) is 1.13. The summed E-state index contributed by atoms with van der Waals surface area (Å²) < 4.78 is 16.0. The van der Waals surface area contributed by atoms with Gasteiger partial charge >= 0.3 is 0 Å². The molecule has 18 heavy (non-hydrogen) atoms. The van der Waals surface area contributed by atoms with Gasteiger partial charge in [-0.3, -0.25) is 0 Å². The number of ether oxygens (including phenoxy) is 3. The van der Waals surface area contributed by atoms with Crippen molar-refractivity contribution >= 4 is 0 Å². The van der Waals surface area contributed by atoms with Gasteiger partial charge in [0.05, 0.1) is 7.11 Å². The van der Waals surface area contributed by atoms with Crippen LogP contribution in [-0.4, -0.2) is 27.1 Å². The summed E-state index contributed by atoms with van der Waals surface area (Å²) in [6, 6.07) is 5.94. The summed E-state index contributed by atoms with van der Waals surface area (Å²) in [5, 5.41) is 3.36. The molecular weight excluding hydrogens is 230 g/mol. The molecule has 0 amide bonds. The quantitative estimate of drug-likeness (QED) is 0.542. The van der Waals surface area contributed by atoms with Crippen molar-refractivity contribution in [3.05, 3.63) is 23.8 Å². The second kappa shape index (κ2) is 8.78. The maximum atomic E-state index is 5.54. The number of rotatable bonds is 9. The smallest absolute Gasteiger partial charge is 0.189 e. The van der Waals surface area contributed by atoms with E-state index in [2.05, 4.69) is 12.2 Å². The molecule has 0 bridgehead atoms. The topological polar surface area (TPSA) is 39.7 Å². The Morgan fingerprint density at radius 3 is 2.67 bits per heavy atom. The summed E-state index contributed by atoms with van der Waals surface area (Å²) in [7, 11) is 1.64. The molecule has 0 aliphatic rings. The van der Waals surface area contributed by atoms with Crippen LogP contribution in [0, 0.1) is 0 Å². The first-order chi connectivity index (χ1) is 8.81. The lowest BCUT2D eigenvalue weighted by atomic mass is 10.2. The number of hydrogen-bond donors (Lipinski definition) is 1. The zero-order chi connectivity index (χ0) is 13.2. The van der Waals surface area contributed by atoms with Crippen LogP contribution >= 0.6 is 0 Å². The zero-order valence-corrected chi connectivity index (χ0v) is 11.5. The standard InChI is InChI=1S/C14H23NO3/c1-4-8-15-10-12-6-7-13(16-3)14(9-12)18-11-17-5-2/h6-7,9,15H,4-5,8,10-11H2,1-3H3. The van der Waals surface area contributed by atoms with Gasteiger partial charge in [0.2, 0.25) is 0 Å². The molecule has 1 aromatic carbocycles. The summed E-state index contributed by atoms with van der Waals surface area (Å²) in [5.41, 5.74) is 1.18. The molecule has 102 valence electrons. The Labute approximate surface area is 109 Å². The van der Waals surface area contributed by atoms with Gasteiger partial charge in [0, 0.05) is 13.2 Å². The summed E-state index contributed by atoms with van der Waals surface area (Å²) >= 11 is 0. The van der Waals surface area contributed by atoms with Crippen LogP contribution in [0.15, 0.2) is 18.2 Å². The van der Waals surface area contributed by atoms with E-state index in [9.17, 15) is 0 Å². The van der Waals surface area contributed by atoms with Crippen LogP contribution in [0.2, 0.25) is 0 Å². The lowest BCUT2D eigenvalue weighted by Crippen LogP contribution is -2.14. The maximum absolute atomic E-state index is 5.54. The Hall–Kier alpha value is -1.26. The van der Waals surface area contributed by atoms with Crippen molar-refractivity contribution in [1.82, 2.24) is 5.32 Å². The Morgan fingerprint density at radius 1 is 1.17 bits per heavy atom. The van der Waals surface area contributed by atoms with Gasteiger partial charge in [0.15, 0.2) is 18.3 Å². The lowest BCUT2D eigenvalue weighted by molar-refractivity contribution is 0.0208. The maximum Gasteiger partial charge on any atom is 0.189 e.